The second-order valence-electron chi connectivity index (χ2n) is 4.50. The average molecular weight is 271 g/mol. The van der Waals surface area contributed by atoms with Gasteiger partial charge in [-0.1, -0.05) is 17.7 Å². The molecule has 0 radical (unpaired) electrons. The van der Waals surface area contributed by atoms with Crippen LogP contribution in [-0.4, -0.2) is 17.1 Å². The Balaban J connectivity index is 2.15. The van der Waals surface area contributed by atoms with E-state index in [2.05, 4.69) is 0 Å². The van der Waals surface area contributed by atoms with E-state index in [0.717, 1.165) is 25.7 Å². The lowest BCUT2D eigenvalue weighted by atomic mass is 9.94. The number of rotatable bonds is 3. The Labute approximate surface area is 110 Å². The van der Waals surface area contributed by atoms with Gasteiger partial charge in [0.05, 0.1) is 16.0 Å². The molecule has 6 heteroatoms. The SMILES string of the molecule is NC1CCC(Oc2c(Cl)cccc2[N+](=O)[O-])CC1. The third-order valence-corrected chi connectivity index (χ3v) is 3.44. The number of halogens is 1. The summed E-state index contributed by atoms with van der Waals surface area (Å²) in [6, 6.07) is 4.75. The molecule has 0 heterocycles. The zero-order valence-corrected chi connectivity index (χ0v) is 10.6. The topological polar surface area (TPSA) is 78.4 Å². The zero-order chi connectivity index (χ0) is 13.1. The van der Waals surface area contributed by atoms with Crippen molar-refractivity contribution >= 4 is 17.3 Å². The van der Waals surface area contributed by atoms with Gasteiger partial charge in [0.2, 0.25) is 5.75 Å². The van der Waals surface area contributed by atoms with Crippen LogP contribution in [0.1, 0.15) is 25.7 Å². The Morgan fingerprint density at radius 3 is 2.61 bits per heavy atom. The first kappa shape index (κ1) is 13.1. The molecule has 0 unspecified atom stereocenters. The summed E-state index contributed by atoms with van der Waals surface area (Å²) in [5.74, 6) is 0.171. The molecule has 0 spiro atoms. The van der Waals surface area contributed by atoms with Crippen LogP contribution in [0.3, 0.4) is 0 Å². The summed E-state index contributed by atoms with van der Waals surface area (Å²) < 4.78 is 5.70. The third-order valence-electron chi connectivity index (χ3n) is 3.15. The summed E-state index contributed by atoms with van der Waals surface area (Å²) in [5, 5.41) is 11.2. The molecule has 0 saturated heterocycles. The van der Waals surface area contributed by atoms with E-state index in [1.165, 1.54) is 6.07 Å². The van der Waals surface area contributed by atoms with Crippen molar-refractivity contribution in [3.8, 4) is 5.75 Å². The van der Waals surface area contributed by atoms with Crippen LogP contribution < -0.4 is 10.5 Å². The predicted molar refractivity (Wildman–Crippen MR) is 69.0 cm³/mol. The van der Waals surface area contributed by atoms with Crippen molar-refractivity contribution in [2.45, 2.75) is 37.8 Å². The molecule has 0 aromatic heterocycles. The van der Waals surface area contributed by atoms with E-state index < -0.39 is 4.92 Å². The average Bonchev–Trinajstić information content (AvgIpc) is 2.34. The van der Waals surface area contributed by atoms with Crippen molar-refractivity contribution in [3.05, 3.63) is 33.3 Å². The van der Waals surface area contributed by atoms with Gasteiger partial charge in [0.15, 0.2) is 0 Å². The smallest absolute Gasteiger partial charge is 0.312 e. The van der Waals surface area contributed by atoms with Gasteiger partial charge in [0.25, 0.3) is 0 Å². The largest absolute Gasteiger partial charge is 0.482 e. The lowest BCUT2D eigenvalue weighted by molar-refractivity contribution is -0.386. The van der Waals surface area contributed by atoms with Crippen LogP contribution in [0.5, 0.6) is 5.75 Å². The van der Waals surface area contributed by atoms with Crippen molar-refractivity contribution in [1.29, 1.82) is 0 Å². The van der Waals surface area contributed by atoms with Gasteiger partial charge in [-0.15, -0.1) is 0 Å². The lowest BCUT2D eigenvalue weighted by Gasteiger charge is -2.26. The van der Waals surface area contributed by atoms with E-state index >= 15 is 0 Å². The summed E-state index contributed by atoms with van der Waals surface area (Å²) >= 11 is 5.97. The van der Waals surface area contributed by atoms with E-state index in [1.54, 1.807) is 12.1 Å². The summed E-state index contributed by atoms with van der Waals surface area (Å²) in [6.07, 6.45) is 3.34. The Kier molecular flexibility index (Phi) is 4.04. The number of hydrogen-bond donors (Lipinski definition) is 1. The highest BCUT2D eigenvalue weighted by Crippen LogP contribution is 2.36. The molecular formula is C12H15ClN2O3. The first-order chi connectivity index (χ1) is 8.58. The van der Waals surface area contributed by atoms with Crippen LogP contribution >= 0.6 is 11.6 Å². The number of nitro benzene ring substituents is 1. The number of nitrogens with two attached hydrogens (primary N) is 1. The fraction of sp³-hybridized carbons (Fsp3) is 0.500. The predicted octanol–water partition coefficient (Wildman–Crippen LogP) is 2.90. The summed E-state index contributed by atoms with van der Waals surface area (Å²) in [5.41, 5.74) is 5.72. The van der Waals surface area contributed by atoms with Gasteiger partial charge in [0.1, 0.15) is 0 Å². The van der Waals surface area contributed by atoms with Crippen LogP contribution in [0.4, 0.5) is 5.69 Å². The normalized spacial score (nSPS) is 23.7. The number of para-hydroxylation sites is 1. The molecule has 1 aliphatic rings. The maximum atomic E-state index is 10.9. The highest BCUT2D eigenvalue weighted by molar-refractivity contribution is 6.32. The molecular weight excluding hydrogens is 256 g/mol. The standard InChI is InChI=1S/C12H15ClN2O3/c13-10-2-1-3-11(15(16)17)12(10)18-9-6-4-8(14)5-7-9/h1-3,8-9H,4-7,14H2. The van der Waals surface area contributed by atoms with Gasteiger partial charge in [-0.25, -0.2) is 0 Å². The maximum Gasteiger partial charge on any atom is 0.312 e. The molecule has 1 aromatic rings. The van der Waals surface area contributed by atoms with Gasteiger partial charge in [0, 0.05) is 12.1 Å². The monoisotopic (exact) mass is 270 g/mol. The van der Waals surface area contributed by atoms with Gasteiger partial charge in [-0.2, -0.15) is 0 Å². The zero-order valence-electron chi connectivity index (χ0n) is 9.84. The van der Waals surface area contributed by atoms with Gasteiger partial charge in [-0.3, -0.25) is 10.1 Å². The van der Waals surface area contributed by atoms with Crippen molar-refractivity contribution in [3.63, 3.8) is 0 Å². The molecule has 18 heavy (non-hydrogen) atoms. The minimum atomic E-state index is -0.476. The summed E-state index contributed by atoms with van der Waals surface area (Å²) in [6.45, 7) is 0. The van der Waals surface area contributed by atoms with Crippen molar-refractivity contribution in [1.82, 2.24) is 0 Å². The van der Waals surface area contributed by atoms with Crippen LogP contribution in [0, 0.1) is 10.1 Å². The molecule has 0 aliphatic heterocycles. The van der Waals surface area contributed by atoms with Gasteiger partial charge < -0.3 is 10.5 Å². The van der Waals surface area contributed by atoms with Crippen molar-refractivity contribution in [2.75, 3.05) is 0 Å². The van der Waals surface area contributed by atoms with Crippen LogP contribution in [0.2, 0.25) is 5.02 Å². The summed E-state index contributed by atoms with van der Waals surface area (Å²) in [4.78, 5) is 10.4. The lowest BCUT2D eigenvalue weighted by Crippen LogP contribution is -2.31. The first-order valence-electron chi connectivity index (χ1n) is 5.93. The Morgan fingerprint density at radius 2 is 2.00 bits per heavy atom. The van der Waals surface area contributed by atoms with E-state index in [4.69, 9.17) is 22.1 Å². The number of nitro groups is 1. The molecule has 0 bridgehead atoms. The first-order valence-corrected chi connectivity index (χ1v) is 6.31. The van der Waals surface area contributed by atoms with Crippen LogP contribution in [0.15, 0.2) is 18.2 Å². The van der Waals surface area contributed by atoms with Crippen LogP contribution in [-0.2, 0) is 0 Å². The molecule has 0 amide bonds. The molecule has 1 aliphatic carbocycles. The fourth-order valence-corrected chi connectivity index (χ4v) is 2.35. The highest BCUT2D eigenvalue weighted by Gasteiger charge is 2.25. The van der Waals surface area contributed by atoms with Gasteiger partial charge >= 0.3 is 5.69 Å². The Morgan fingerprint density at radius 1 is 1.33 bits per heavy atom. The molecule has 1 aromatic carbocycles. The number of nitrogens with zero attached hydrogens (tertiary/aromatic N) is 1. The number of ether oxygens (including phenoxy) is 1. The molecule has 2 rings (SSSR count). The maximum absolute atomic E-state index is 10.9. The second kappa shape index (κ2) is 5.54. The Hall–Kier alpha value is -1.33. The van der Waals surface area contributed by atoms with Crippen molar-refractivity contribution < 1.29 is 9.66 Å². The minimum Gasteiger partial charge on any atom is -0.482 e. The molecule has 0 atom stereocenters. The van der Waals surface area contributed by atoms with Gasteiger partial charge in [-0.05, 0) is 31.7 Å². The summed E-state index contributed by atoms with van der Waals surface area (Å²) in [7, 11) is 0. The number of hydrogen-bond acceptors (Lipinski definition) is 4. The fourth-order valence-electron chi connectivity index (χ4n) is 2.13. The molecule has 1 saturated carbocycles. The van der Waals surface area contributed by atoms with E-state index in [-0.39, 0.29) is 28.6 Å². The molecule has 5 nitrogen and oxygen atoms in total. The molecule has 1 fully saturated rings. The van der Waals surface area contributed by atoms with E-state index in [0.29, 0.717) is 0 Å². The Bertz CT molecular complexity index is 445. The third kappa shape index (κ3) is 2.91. The molecule has 2 N–H and O–H groups in total. The second-order valence-corrected chi connectivity index (χ2v) is 4.91. The van der Waals surface area contributed by atoms with Crippen LogP contribution in [0.25, 0.3) is 0 Å². The number of benzene rings is 1. The molecule has 98 valence electrons. The van der Waals surface area contributed by atoms with E-state index in [9.17, 15) is 10.1 Å². The quantitative estimate of drug-likeness (QED) is 0.677. The minimum absolute atomic E-state index is 0.0385. The highest BCUT2D eigenvalue weighted by atomic mass is 35.5. The van der Waals surface area contributed by atoms with Crippen molar-refractivity contribution in [2.24, 2.45) is 5.73 Å². The van der Waals surface area contributed by atoms with E-state index in [1.807, 2.05) is 0 Å².